The number of carbonyl (C=O) groups is 2. The summed E-state index contributed by atoms with van der Waals surface area (Å²) in [4.78, 5) is 23.4. The van der Waals surface area contributed by atoms with Gasteiger partial charge in [0.25, 0.3) is 5.91 Å². The van der Waals surface area contributed by atoms with Crippen LogP contribution in [-0.4, -0.2) is 36.6 Å². The Bertz CT molecular complexity index is 469. The van der Waals surface area contributed by atoms with E-state index in [1.807, 2.05) is 6.07 Å². The molecule has 0 heterocycles. The van der Waals surface area contributed by atoms with Gasteiger partial charge in [-0.15, -0.1) is 0 Å². The maximum atomic E-state index is 11.7. The monoisotopic (exact) mass is 276 g/mol. The first-order valence-corrected chi connectivity index (χ1v) is 6.86. The molecule has 20 heavy (non-hydrogen) atoms. The van der Waals surface area contributed by atoms with E-state index in [0.717, 1.165) is 19.3 Å². The Morgan fingerprint density at radius 2 is 1.85 bits per heavy atom. The summed E-state index contributed by atoms with van der Waals surface area (Å²) in [5.74, 6) is -0.448. The molecule has 5 heteroatoms. The summed E-state index contributed by atoms with van der Waals surface area (Å²) in [5.41, 5.74) is 0.632. The van der Waals surface area contributed by atoms with Gasteiger partial charge >= 0.3 is 0 Å². The fourth-order valence-corrected chi connectivity index (χ4v) is 2.13. The molecule has 0 aliphatic heterocycles. The Labute approximate surface area is 118 Å². The minimum atomic E-state index is -0.253. The lowest BCUT2D eigenvalue weighted by atomic mass is 10.0. The second-order valence-corrected chi connectivity index (χ2v) is 5.30. The lowest BCUT2D eigenvalue weighted by Gasteiger charge is -2.14. The van der Waals surface area contributed by atoms with Crippen LogP contribution in [0.5, 0.6) is 0 Å². The van der Waals surface area contributed by atoms with Crippen molar-refractivity contribution in [2.45, 2.75) is 19.3 Å². The molecular weight excluding hydrogens is 256 g/mol. The Balaban J connectivity index is 1.69. The van der Waals surface area contributed by atoms with Crippen LogP contribution in [0.4, 0.5) is 0 Å². The van der Waals surface area contributed by atoms with E-state index >= 15 is 0 Å². The molecule has 5 nitrogen and oxygen atoms in total. The first-order chi connectivity index (χ1) is 9.65. The zero-order valence-corrected chi connectivity index (χ0v) is 11.4. The second kappa shape index (κ2) is 6.52. The van der Waals surface area contributed by atoms with Crippen molar-refractivity contribution in [3.8, 4) is 0 Å². The number of hydrogen-bond acceptors (Lipinski definition) is 3. The summed E-state index contributed by atoms with van der Waals surface area (Å²) in [6.07, 6.45) is 2.82. The fourth-order valence-electron chi connectivity index (χ4n) is 2.13. The highest BCUT2D eigenvalue weighted by atomic mass is 16.3. The molecule has 1 fully saturated rings. The fraction of sp³-hybridized carbons (Fsp3) is 0.467. The van der Waals surface area contributed by atoms with Crippen LogP contribution in [0.25, 0.3) is 0 Å². The lowest BCUT2D eigenvalue weighted by molar-refractivity contribution is -0.120. The van der Waals surface area contributed by atoms with Gasteiger partial charge in [-0.05, 0) is 36.8 Å². The predicted octanol–water partition coefficient (Wildman–Crippen LogP) is 0.695. The van der Waals surface area contributed by atoms with Gasteiger partial charge in [0, 0.05) is 18.7 Å². The van der Waals surface area contributed by atoms with Crippen LogP contribution in [0.3, 0.4) is 0 Å². The maximum Gasteiger partial charge on any atom is 0.251 e. The second-order valence-electron chi connectivity index (χ2n) is 5.30. The van der Waals surface area contributed by atoms with Gasteiger partial charge in [0.1, 0.15) is 0 Å². The van der Waals surface area contributed by atoms with Crippen LogP contribution in [0.15, 0.2) is 30.3 Å². The van der Waals surface area contributed by atoms with Crippen LogP contribution in [0.2, 0.25) is 0 Å². The first-order valence-electron chi connectivity index (χ1n) is 6.86. The number of carbonyl (C=O) groups excluding carboxylic acids is 2. The zero-order valence-electron chi connectivity index (χ0n) is 11.4. The summed E-state index contributed by atoms with van der Waals surface area (Å²) in [6, 6.07) is 8.79. The van der Waals surface area contributed by atoms with E-state index in [4.69, 9.17) is 5.11 Å². The van der Waals surface area contributed by atoms with Crippen molar-refractivity contribution in [1.82, 2.24) is 10.6 Å². The standard InChI is InChI=1S/C15H20N2O3/c18-9-8-15(6-7-15)11-17-13(19)10-16-14(20)12-4-2-1-3-5-12/h1-5,18H,6-11H2,(H,16,20)(H,17,19). The largest absolute Gasteiger partial charge is 0.396 e. The molecule has 1 aromatic carbocycles. The van der Waals surface area contributed by atoms with E-state index in [1.54, 1.807) is 24.3 Å². The molecule has 108 valence electrons. The van der Waals surface area contributed by atoms with Crippen molar-refractivity contribution in [3.05, 3.63) is 35.9 Å². The minimum absolute atomic E-state index is 0.0249. The van der Waals surface area contributed by atoms with Gasteiger partial charge in [0.2, 0.25) is 5.91 Å². The number of hydrogen-bond donors (Lipinski definition) is 3. The quantitative estimate of drug-likeness (QED) is 0.686. The van der Waals surface area contributed by atoms with E-state index < -0.39 is 0 Å². The molecule has 1 saturated carbocycles. The highest BCUT2D eigenvalue weighted by Gasteiger charge is 2.41. The molecule has 0 bridgehead atoms. The molecule has 3 N–H and O–H groups in total. The van der Waals surface area contributed by atoms with E-state index in [9.17, 15) is 9.59 Å². The molecule has 0 aromatic heterocycles. The third-order valence-corrected chi connectivity index (χ3v) is 3.71. The molecule has 0 saturated heterocycles. The van der Waals surface area contributed by atoms with Crippen LogP contribution >= 0.6 is 0 Å². The highest BCUT2D eigenvalue weighted by Crippen LogP contribution is 2.47. The van der Waals surface area contributed by atoms with Crippen LogP contribution in [0, 0.1) is 5.41 Å². The summed E-state index contributed by atoms with van der Waals surface area (Å²) < 4.78 is 0. The summed E-state index contributed by atoms with van der Waals surface area (Å²) >= 11 is 0. The molecular formula is C15H20N2O3. The van der Waals surface area contributed by atoms with Crippen LogP contribution < -0.4 is 10.6 Å². The van der Waals surface area contributed by atoms with Gasteiger partial charge in [-0.3, -0.25) is 9.59 Å². The van der Waals surface area contributed by atoms with Crippen LogP contribution in [-0.2, 0) is 4.79 Å². The predicted molar refractivity (Wildman–Crippen MR) is 75.2 cm³/mol. The average molecular weight is 276 g/mol. The van der Waals surface area contributed by atoms with Crippen molar-refractivity contribution in [3.63, 3.8) is 0 Å². The van der Waals surface area contributed by atoms with Gasteiger partial charge < -0.3 is 15.7 Å². The number of aliphatic hydroxyl groups is 1. The van der Waals surface area contributed by atoms with Crippen molar-refractivity contribution in [1.29, 1.82) is 0 Å². The molecule has 0 spiro atoms. The molecule has 0 radical (unpaired) electrons. The number of amides is 2. The zero-order chi connectivity index (χ0) is 14.4. The first kappa shape index (κ1) is 14.5. The Kier molecular flexibility index (Phi) is 4.74. The third kappa shape index (κ3) is 4.06. The summed E-state index contributed by atoms with van der Waals surface area (Å²) in [7, 11) is 0. The normalized spacial score (nSPS) is 15.4. The van der Waals surface area contributed by atoms with Gasteiger partial charge in [0.05, 0.1) is 6.54 Å². The molecule has 0 atom stereocenters. The topological polar surface area (TPSA) is 78.4 Å². The van der Waals surface area contributed by atoms with Gasteiger partial charge in [-0.1, -0.05) is 18.2 Å². The van der Waals surface area contributed by atoms with E-state index in [-0.39, 0.29) is 30.4 Å². The van der Waals surface area contributed by atoms with Gasteiger partial charge in [-0.2, -0.15) is 0 Å². The summed E-state index contributed by atoms with van der Waals surface area (Å²) in [5, 5.41) is 14.3. The van der Waals surface area contributed by atoms with E-state index in [1.165, 1.54) is 0 Å². The van der Waals surface area contributed by atoms with Gasteiger partial charge in [-0.25, -0.2) is 0 Å². The molecule has 0 unspecified atom stereocenters. The maximum absolute atomic E-state index is 11.7. The van der Waals surface area contributed by atoms with Crippen molar-refractivity contribution >= 4 is 11.8 Å². The Morgan fingerprint density at radius 3 is 2.45 bits per heavy atom. The SMILES string of the molecule is O=C(CNC(=O)c1ccccc1)NCC1(CCO)CC1. The number of nitrogens with one attached hydrogen (secondary N) is 2. The summed E-state index contributed by atoms with van der Waals surface area (Å²) in [6.45, 7) is 0.706. The highest BCUT2D eigenvalue weighted by molar-refractivity contribution is 5.96. The van der Waals surface area contributed by atoms with Crippen molar-refractivity contribution in [2.75, 3.05) is 19.7 Å². The third-order valence-electron chi connectivity index (χ3n) is 3.71. The van der Waals surface area contributed by atoms with Crippen molar-refractivity contribution < 1.29 is 14.7 Å². The molecule has 2 rings (SSSR count). The molecule has 1 aliphatic rings. The minimum Gasteiger partial charge on any atom is -0.396 e. The van der Waals surface area contributed by atoms with E-state index in [0.29, 0.717) is 12.1 Å². The molecule has 1 aromatic rings. The Morgan fingerprint density at radius 1 is 1.15 bits per heavy atom. The van der Waals surface area contributed by atoms with Gasteiger partial charge in [0.15, 0.2) is 0 Å². The smallest absolute Gasteiger partial charge is 0.251 e. The lowest BCUT2D eigenvalue weighted by Crippen LogP contribution is -2.39. The Hall–Kier alpha value is -1.88. The molecule has 1 aliphatic carbocycles. The number of aliphatic hydroxyl groups excluding tert-OH is 1. The number of rotatable bonds is 7. The van der Waals surface area contributed by atoms with Crippen LogP contribution in [0.1, 0.15) is 29.6 Å². The number of benzene rings is 1. The van der Waals surface area contributed by atoms with E-state index in [2.05, 4.69) is 10.6 Å². The van der Waals surface area contributed by atoms with Crippen molar-refractivity contribution in [2.24, 2.45) is 5.41 Å². The molecule has 2 amide bonds. The average Bonchev–Trinajstić information content (AvgIpc) is 3.24.